The normalized spacial score (nSPS) is 26.5. The molecule has 0 aromatic heterocycles. The molecule has 0 bridgehead atoms. The highest BCUT2D eigenvalue weighted by atomic mass is 16.3. The third kappa shape index (κ3) is 2.87. The van der Waals surface area contributed by atoms with Crippen LogP contribution in [0.3, 0.4) is 0 Å². The minimum Gasteiger partial charge on any atom is -0.511 e. The molecule has 4 rings (SSSR count). The van der Waals surface area contributed by atoms with Crippen LogP contribution in [0.2, 0.25) is 0 Å². The second-order valence-corrected chi connectivity index (χ2v) is 8.70. The highest BCUT2D eigenvalue weighted by Crippen LogP contribution is 2.52. The summed E-state index contributed by atoms with van der Waals surface area (Å²) in [5, 5.41) is 43.0. The van der Waals surface area contributed by atoms with Crippen molar-refractivity contribution in [3.8, 4) is 5.75 Å². The number of Topliss-reactive ketones (excluding diaryl/α,β-unsaturated/α-hetero) is 4. The highest BCUT2D eigenvalue weighted by Gasteiger charge is 2.59. The maximum Gasteiger partial charge on any atom is 0.255 e. The van der Waals surface area contributed by atoms with Crippen LogP contribution in [0.25, 0.3) is 0 Å². The van der Waals surface area contributed by atoms with E-state index in [1.165, 1.54) is 13.0 Å². The third-order valence-corrected chi connectivity index (χ3v) is 6.82. The Morgan fingerprint density at radius 2 is 1.64 bits per heavy atom. The van der Waals surface area contributed by atoms with Crippen LogP contribution >= 0.6 is 0 Å². The van der Waals surface area contributed by atoms with Crippen molar-refractivity contribution in [2.45, 2.75) is 38.7 Å². The zero-order valence-electron chi connectivity index (χ0n) is 17.8. The van der Waals surface area contributed by atoms with E-state index in [4.69, 9.17) is 5.73 Å². The number of benzene rings is 1. The lowest BCUT2D eigenvalue weighted by Crippen LogP contribution is -2.57. The molecule has 3 atom stereocenters. The van der Waals surface area contributed by atoms with Gasteiger partial charge in [0.15, 0.2) is 23.0 Å². The average molecular weight is 455 g/mol. The predicted molar refractivity (Wildman–Crippen MR) is 111 cm³/mol. The lowest BCUT2D eigenvalue weighted by molar-refractivity contribution is -0.144. The van der Waals surface area contributed by atoms with Crippen molar-refractivity contribution in [2.24, 2.45) is 17.6 Å². The van der Waals surface area contributed by atoms with E-state index in [2.05, 4.69) is 0 Å². The van der Waals surface area contributed by atoms with Crippen LogP contribution in [0.15, 0.2) is 28.7 Å². The van der Waals surface area contributed by atoms with Gasteiger partial charge in [0.1, 0.15) is 22.8 Å². The van der Waals surface area contributed by atoms with Crippen molar-refractivity contribution in [3.05, 3.63) is 51.0 Å². The topological polar surface area (TPSA) is 192 Å². The highest BCUT2D eigenvalue weighted by molar-refractivity contribution is 6.25. The Morgan fingerprint density at radius 3 is 2.18 bits per heavy atom. The largest absolute Gasteiger partial charge is 0.511 e. The Kier molecular flexibility index (Phi) is 4.83. The molecule has 1 amide bonds. The second-order valence-electron chi connectivity index (χ2n) is 8.70. The van der Waals surface area contributed by atoms with Crippen LogP contribution in [-0.2, 0) is 16.0 Å². The summed E-state index contributed by atoms with van der Waals surface area (Å²) in [6.45, 7) is 2.40. The molecular weight excluding hydrogens is 434 g/mol. The van der Waals surface area contributed by atoms with Crippen molar-refractivity contribution >= 4 is 29.0 Å². The quantitative estimate of drug-likeness (QED) is 0.326. The summed E-state index contributed by atoms with van der Waals surface area (Å²) in [5.41, 5.74) is 0.922. The van der Waals surface area contributed by atoms with E-state index in [1.807, 2.05) is 0 Å². The number of aliphatic hydroxyl groups excluding tert-OH is 2. The van der Waals surface area contributed by atoms with Crippen LogP contribution in [0.4, 0.5) is 0 Å². The number of phenols is 1. The minimum absolute atomic E-state index is 0.00491. The maximum absolute atomic E-state index is 13.5. The summed E-state index contributed by atoms with van der Waals surface area (Å²) in [6.07, 6.45) is -0.395. The van der Waals surface area contributed by atoms with Crippen LogP contribution < -0.4 is 5.73 Å². The van der Waals surface area contributed by atoms with Crippen LogP contribution in [0.5, 0.6) is 5.75 Å². The van der Waals surface area contributed by atoms with Gasteiger partial charge in [0.25, 0.3) is 5.91 Å². The van der Waals surface area contributed by atoms with Gasteiger partial charge in [-0.3, -0.25) is 24.0 Å². The first kappa shape index (κ1) is 22.4. The molecule has 0 saturated heterocycles. The lowest BCUT2D eigenvalue weighted by atomic mass is 9.60. The van der Waals surface area contributed by atoms with Gasteiger partial charge in [-0.25, -0.2) is 0 Å². The van der Waals surface area contributed by atoms with E-state index < -0.39 is 69.3 Å². The summed E-state index contributed by atoms with van der Waals surface area (Å²) < 4.78 is 0. The van der Waals surface area contributed by atoms with Gasteiger partial charge in [-0.2, -0.15) is 0 Å². The Hall–Kier alpha value is -3.79. The van der Waals surface area contributed by atoms with Crippen LogP contribution in [-0.4, -0.2) is 55.1 Å². The number of carbonyl (C=O) groups excluding carboxylic acids is 5. The number of allylic oxidation sites excluding steroid dienone is 2. The summed E-state index contributed by atoms with van der Waals surface area (Å²) in [5.74, 6) is -8.69. The Labute approximate surface area is 187 Å². The molecule has 33 heavy (non-hydrogen) atoms. The van der Waals surface area contributed by atoms with E-state index in [9.17, 15) is 44.4 Å². The molecule has 10 nitrogen and oxygen atoms in total. The summed E-state index contributed by atoms with van der Waals surface area (Å²) in [7, 11) is 0. The van der Waals surface area contributed by atoms with E-state index in [0.717, 1.165) is 6.92 Å². The number of carbonyl (C=O) groups is 5. The summed E-state index contributed by atoms with van der Waals surface area (Å²) >= 11 is 0. The second kappa shape index (κ2) is 7.11. The van der Waals surface area contributed by atoms with Gasteiger partial charge in [0, 0.05) is 23.5 Å². The number of hydrogen-bond acceptors (Lipinski definition) is 9. The maximum atomic E-state index is 13.5. The fourth-order valence-electron chi connectivity index (χ4n) is 5.27. The van der Waals surface area contributed by atoms with Crippen LogP contribution in [0.1, 0.15) is 63.3 Å². The molecule has 0 radical (unpaired) electrons. The molecule has 3 aliphatic carbocycles. The molecule has 0 heterocycles. The number of aliphatic hydroxyl groups is 3. The molecule has 0 spiro atoms. The van der Waals surface area contributed by atoms with Gasteiger partial charge in [0.05, 0.1) is 11.1 Å². The standard InChI is InChI=1S/C23H21NO9/c1-7(25)11-6-12(8(2)26)18(28)16-13(11)4-9-3-10-5-14(27)17(22(24)32)21(31)23(10,33)20(30)15(9)19(16)29/h6,9-10,27-28,30,33H,3-5H2,1-2H3,(H2,24,32)/t9-,10+,23+/m1/s1. The number of primary amides is 1. The molecule has 6 N–H and O–H groups in total. The number of aromatic hydroxyl groups is 1. The Balaban J connectivity index is 1.97. The molecule has 10 heteroatoms. The van der Waals surface area contributed by atoms with E-state index >= 15 is 0 Å². The molecule has 172 valence electrons. The molecule has 0 saturated carbocycles. The first-order valence-electron chi connectivity index (χ1n) is 10.2. The predicted octanol–water partition coefficient (Wildman–Crippen LogP) is 0.986. The first-order chi connectivity index (χ1) is 15.3. The van der Waals surface area contributed by atoms with Gasteiger partial charge in [-0.1, -0.05) is 0 Å². The first-order valence-corrected chi connectivity index (χ1v) is 10.2. The van der Waals surface area contributed by atoms with Crippen molar-refractivity contribution < 1.29 is 44.4 Å². The average Bonchev–Trinajstić information content (AvgIpc) is 2.70. The number of nitrogens with two attached hydrogens (primary N) is 1. The molecule has 0 aliphatic heterocycles. The van der Waals surface area contributed by atoms with Crippen molar-refractivity contribution in [3.63, 3.8) is 0 Å². The zero-order chi connectivity index (χ0) is 24.6. The fourth-order valence-corrected chi connectivity index (χ4v) is 5.27. The Bertz CT molecular complexity index is 1270. The number of hydrogen-bond donors (Lipinski definition) is 5. The molecule has 3 aliphatic rings. The van der Waals surface area contributed by atoms with Gasteiger partial charge in [0.2, 0.25) is 5.78 Å². The monoisotopic (exact) mass is 455 g/mol. The van der Waals surface area contributed by atoms with Gasteiger partial charge in [-0.15, -0.1) is 0 Å². The number of rotatable bonds is 3. The van der Waals surface area contributed by atoms with Crippen molar-refractivity contribution in [2.75, 3.05) is 0 Å². The van der Waals surface area contributed by atoms with Gasteiger partial charge in [-0.05, 0) is 44.2 Å². The lowest BCUT2D eigenvalue weighted by Gasteiger charge is -2.45. The minimum atomic E-state index is -2.67. The van der Waals surface area contributed by atoms with Gasteiger partial charge < -0.3 is 26.2 Å². The molecule has 1 aromatic rings. The fraction of sp³-hybridized carbons (Fsp3) is 0.348. The third-order valence-electron chi connectivity index (χ3n) is 6.82. The van der Waals surface area contributed by atoms with E-state index in [1.54, 1.807) is 0 Å². The molecule has 1 aromatic carbocycles. The summed E-state index contributed by atoms with van der Waals surface area (Å²) in [6, 6.07) is 1.22. The van der Waals surface area contributed by atoms with E-state index in [-0.39, 0.29) is 47.1 Å². The SMILES string of the molecule is CC(=O)c1cc(C(C)=O)c2c(c1O)C(=O)C1=C(O)[C@]3(O)C(=O)C(C(N)=O)=C(O)C[C@@H]3C[C@@H]1C2. The zero-order valence-corrected chi connectivity index (χ0v) is 17.8. The number of phenolic OH excluding ortho intramolecular Hbond substituents is 1. The van der Waals surface area contributed by atoms with Crippen molar-refractivity contribution in [1.29, 1.82) is 0 Å². The van der Waals surface area contributed by atoms with Gasteiger partial charge >= 0.3 is 0 Å². The molecule has 0 fully saturated rings. The smallest absolute Gasteiger partial charge is 0.255 e. The number of ketones is 4. The van der Waals surface area contributed by atoms with E-state index in [0.29, 0.717) is 0 Å². The van der Waals surface area contributed by atoms with Crippen molar-refractivity contribution in [1.82, 2.24) is 0 Å². The molecule has 0 unspecified atom stereocenters. The molecular formula is C23H21NO9. The Morgan fingerprint density at radius 1 is 1.03 bits per heavy atom. The van der Waals surface area contributed by atoms with Crippen LogP contribution in [0, 0.1) is 11.8 Å². The number of amides is 1. The number of fused-ring (bicyclic) bond motifs is 3. The summed E-state index contributed by atoms with van der Waals surface area (Å²) in [4.78, 5) is 62.3.